The van der Waals surface area contributed by atoms with Crippen molar-refractivity contribution in [2.45, 2.75) is 53.4 Å². The molecule has 0 amide bonds. The number of rotatable bonds is 6. The number of ether oxygens (including phenoxy) is 1. The second-order valence-electron chi connectivity index (χ2n) is 4.70. The van der Waals surface area contributed by atoms with E-state index in [4.69, 9.17) is 4.74 Å². The van der Waals surface area contributed by atoms with Crippen LogP contribution < -0.4 is 4.74 Å². The van der Waals surface area contributed by atoms with Gasteiger partial charge in [-0.15, -0.1) is 0 Å². The molecular formula is C15H24O2. The summed E-state index contributed by atoms with van der Waals surface area (Å²) in [5.41, 5.74) is 2.98. The van der Waals surface area contributed by atoms with Gasteiger partial charge in [0.1, 0.15) is 11.5 Å². The third kappa shape index (κ3) is 3.65. The Kier molecular flexibility index (Phi) is 5.33. The molecule has 0 fully saturated rings. The van der Waals surface area contributed by atoms with Gasteiger partial charge in [0.15, 0.2) is 0 Å². The Labute approximate surface area is 105 Å². The van der Waals surface area contributed by atoms with Crippen LogP contribution in [-0.2, 0) is 0 Å². The number of phenols is 1. The number of aromatic hydroxyl groups is 1. The van der Waals surface area contributed by atoms with Gasteiger partial charge in [0.25, 0.3) is 0 Å². The zero-order valence-electron chi connectivity index (χ0n) is 11.5. The number of unbranched alkanes of at least 4 members (excludes halogenated alkanes) is 3. The Morgan fingerprint density at radius 3 is 2.41 bits per heavy atom. The van der Waals surface area contributed by atoms with Crippen LogP contribution in [0, 0.1) is 20.8 Å². The summed E-state index contributed by atoms with van der Waals surface area (Å²) in [6, 6.07) is 1.78. The largest absolute Gasteiger partial charge is 0.508 e. The van der Waals surface area contributed by atoms with Crippen molar-refractivity contribution < 1.29 is 9.84 Å². The summed E-state index contributed by atoms with van der Waals surface area (Å²) in [6.45, 7) is 8.88. The van der Waals surface area contributed by atoms with E-state index in [2.05, 4.69) is 6.92 Å². The molecule has 0 aliphatic heterocycles. The lowest BCUT2D eigenvalue weighted by atomic mass is 10.0. The molecule has 1 rings (SSSR count). The molecule has 0 unspecified atom stereocenters. The smallest absolute Gasteiger partial charge is 0.125 e. The summed E-state index contributed by atoms with van der Waals surface area (Å²) in [5.74, 6) is 1.30. The first-order chi connectivity index (χ1) is 8.07. The average Bonchev–Trinajstić information content (AvgIpc) is 2.30. The first-order valence-electron chi connectivity index (χ1n) is 6.50. The fourth-order valence-corrected chi connectivity index (χ4v) is 1.96. The fraction of sp³-hybridized carbons (Fsp3) is 0.600. The first kappa shape index (κ1) is 13.9. The highest BCUT2D eigenvalue weighted by Gasteiger charge is 2.10. The van der Waals surface area contributed by atoms with Crippen molar-refractivity contribution in [3.63, 3.8) is 0 Å². The standard InChI is InChI=1S/C15H24O2/c1-5-6-7-8-9-17-15-11(2)10-14(16)12(3)13(15)4/h10,16H,5-9H2,1-4H3. The van der Waals surface area contributed by atoms with Gasteiger partial charge in [-0.05, 0) is 49.9 Å². The van der Waals surface area contributed by atoms with Crippen molar-refractivity contribution in [2.24, 2.45) is 0 Å². The van der Waals surface area contributed by atoms with E-state index < -0.39 is 0 Å². The van der Waals surface area contributed by atoms with Crippen LogP contribution in [0.1, 0.15) is 49.3 Å². The lowest BCUT2D eigenvalue weighted by Crippen LogP contribution is -2.02. The molecule has 0 bridgehead atoms. The molecule has 2 heteroatoms. The first-order valence-corrected chi connectivity index (χ1v) is 6.50. The summed E-state index contributed by atoms with van der Waals surface area (Å²) >= 11 is 0. The van der Waals surface area contributed by atoms with E-state index in [0.29, 0.717) is 5.75 Å². The molecule has 0 aliphatic carbocycles. The number of hydrogen-bond donors (Lipinski definition) is 1. The summed E-state index contributed by atoms with van der Waals surface area (Å²) in [4.78, 5) is 0. The van der Waals surface area contributed by atoms with Crippen LogP contribution in [0.15, 0.2) is 6.07 Å². The van der Waals surface area contributed by atoms with Gasteiger partial charge in [0, 0.05) is 0 Å². The minimum atomic E-state index is 0.360. The molecule has 0 heterocycles. The van der Waals surface area contributed by atoms with Gasteiger partial charge in [-0.2, -0.15) is 0 Å². The summed E-state index contributed by atoms with van der Waals surface area (Å²) in [6.07, 6.45) is 4.85. The van der Waals surface area contributed by atoms with Gasteiger partial charge in [0.05, 0.1) is 6.61 Å². The normalized spacial score (nSPS) is 10.6. The van der Waals surface area contributed by atoms with Gasteiger partial charge >= 0.3 is 0 Å². The summed E-state index contributed by atoms with van der Waals surface area (Å²) < 4.78 is 5.84. The van der Waals surface area contributed by atoms with Crippen molar-refractivity contribution in [3.05, 3.63) is 22.8 Å². The molecule has 0 atom stereocenters. The van der Waals surface area contributed by atoms with Crippen LogP contribution in [-0.4, -0.2) is 11.7 Å². The lowest BCUT2D eigenvalue weighted by molar-refractivity contribution is 0.300. The third-order valence-corrected chi connectivity index (χ3v) is 3.24. The van der Waals surface area contributed by atoms with E-state index in [0.717, 1.165) is 35.5 Å². The molecule has 1 aromatic rings. The average molecular weight is 236 g/mol. The number of hydrogen-bond acceptors (Lipinski definition) is 2. The van der Waals surface area contributed by atoms with Gasteiger partial charge in [0.2, 0.25) is 0 Å². The van der Waals surface area contributed by atoms with Gasteiger partial charge in [-0.3, -0.25) is 0 Å². The van der Waals surface area contributed by atoms with Crippen molar-refractivity contribution in [2.75, 3.05) is 6.61 Å². The summed E-state index contributed by atoms with van der Waals surface area (Å²) in [7, 11) is 0. The third-order valence-electron chi connectivity index (χ3n) is 3.24. The fourth-order valence-electron chi connectivity index (χ4n) is 1.96. The van der Waals surface area contributed by atoms with Crippen molar-refractivity contribution in [1.29, 1.82) is 0 Å². The topological polar surface area (TPSA) is 29.5 Å². The minimum absolute atomic E-state index is 0.360. The van der Waals surface area contributed by atoms with E-state index in [1.54, 1.807) is 6.07 Å². The molecule has 0 saturated carbocycles. The van der Waals surface area contributed by atoms with Crippen LogP contribution in [0.2, 0.25) is 0 Å². The monoisotopic (exact) mass is 236 g/mol. The van der Waals surface area contributed by atoms with E-state index in [9.17, 15) is 5.11 Å². The second kappa shape index (κ2) is 6.53. The van der Waals surface area contributed by atoms with Crippen LogP contribution in [0.5, 0.6) is 11.5 Å². The van der Waals surface area contributed by atoms with E-state index in [-0.39, 0.29) is 0 Å². The van der Waals surface area contributed by atoms with Gasteiger partial charge in [-0.1, -0.05) is 26.2 Å². The second-order valence-corrected chi connectivity index (χ2v) is 4.70. The molecule has 0 saturated heterocycles. The Balaban J connectivity index is 2.62. The minimum Gasteiger partial charge on any atom is -0.508 e. The van der Waals surface area contributed by atoms with E-state index >= 15 is 0 Å². The van der Waals surface area contributed by atoms with Crippen molar-refractivity contribution in [1.82, 2.24) is 0 Å². The van der Waals surface area contributed by atoms with Crippen molar-refractivity contribution in [3.8, 4) is 11.5 Å². The van der Waals surface area contributed by atoms with Crippen LogP contribution in [0.25, 0.3) is 0 Å². The van der Waals surface area contributed by atoms with Crippen LogP contribution in [0.3, 0.4) is 0 Å². The molecule has 1 aromatic carbocycles. The zero-order chi connectivity index (χ0) is 12.8. The highest BCUT2D eigenvalue weighted by atomic mass is 16.5. The molecule has 1 N–H and O–H groups in total. The molecule has 96 valence electrons. The molecule has 0 radical (unpaired) electrons. The predicted molar refractivity (Wildman–Crippen MR) is 72.0 cm³/mol. The summed E-state index contributed by atoms with van der Waals surface area (Å²) in [5, 5.41) is 9.69. The number of phenolic OH excluding ortho intramolecular Hbond substituents is 1. The maximum Gasteiger partial charge on any atom is 0.125 e. The quantitative estimate of drug-likeness (QED) is 0.747. The van der Waals surface area contributed by atoms with E-state index in [1.165, 1.54) is 19.3 Å². The molecule has 0 spiro atoms. The predicted octanol–water partition coefficient (Wildman–Crippen LogP) is 4.28. The van der Waals surface area contributed by atoms with Crippen LogP contribution >= 0.6 is 0 Å². The van der Waals surface area contributed by atoms with Gasteiger partial charge < -0.3 is 9.84 Å². The highest BCUT2D eigenvalue weighted by Crippen LogP contribution is 2.32. The Morgan fingerprint density at radius 1 is 1.06 bits per heavy atom. The number of aryl methyl sites for hydroxylation is 1. The molecule has 17 heavy (non-hydrogen) atoms. The highest BCUT2D eigenvalue weighted by molar-refractivity contribution is 5.51. The molecule has 0 aliphatic rings. The van der Waals surface area contributed by atoms with Crippen molar-refractivity contribution >= 4 is 0 Å². The Morgan fingerprint density at radius 2 is 1.76 bits per heavy atom. The molecule has 0 aromatic heterocycles. The maximum atomic E-state index is 9.69. The van der Waals surface area contributed by atoms with E-state index in [1.807, 2.05) is 20.8 Å². The lowest BCUT2D eigenvalue weighted by Gasteiger charge is -2.15. The zero-order valence-corrected chi connectivity index (χ0v) is 11.5. The van der Waals surface area contributed by atoms with Crippen LogP contribution in [0.4, 0.5) is 0 Å². The Hall–Kier alpha value is -1.18. The maximum absolute atomic E-state index is 9.69. The SMILES string of the molecule is CCCCCCOc1c(C)cc(O)c(C)c1C. The molecule has 2 nitrogen and oxygen atoms in total. The number of benzene rings is 1. The molecular weight excluding hydrogens is 212 g/mol. The van der Waals surface area contributed by atoms with Gasteiger partial charge in [-0.25, -0.2) is 0 Å². The Bertz CT molecular complexity index is 370.